The van der Waals surface area contributed by atoms with Gasteiger partial charge in [-0.15, -0.1) is 0 Å². The fourth-order valence-electron chi connectivity index (χ4n) is 3.09. The first-order valence-corrected chi connectivity index (χ1v) is 8.87. The van der Waals surface area contributed by atoms with Crippen molar-refractivity contribution in [2.24, 2.45) is 17.6 Å². The summed E-state index contributed by atoms with van der Waals surface area (Å²) in [7, 11) is 1.59. The molecule has 1 aromatic carbocycles. The standard InChI is InChI=1S/C19H30N2O3/c1-13(2)9-10-24-17-8-7-14(11-18(17)23-3)19(22)21-16-6-4-5-15(16)12-20/h7-8,11,13,15-16H,4-6,9-10,12,20H2,1-3H3,(H,21,22). The molecule has 0 bridgehead atoms. The van der Waals surface area contributed by atoms with Crippen LogP contribution in [0.1, 0.15) is 49.9 Å². The molecule has 2 atom stereocenters. The van der Waals surface area contributed by atoms with Crippen molar-refractivity contribution >= 4 is 5.91 Å². The Morgan fingerprint density at radius 3 is 2.79 bits per heavy atom. The maximum atomic E-state index is 12.5. The average Bonchev–Trinajstić information content (AvgIpc) is 3.01. The van der Waals surface area contributed by atoms with Gasteiger partial charge >= 0.3 is 0 Å². The largest absolute Gasteiger partial charge is 0.493 e. The van der Waals surface area contributed by atoms with Crippen LogP contribution in [0.4, 0.5) is 0 Å². The van der Waals surface area contributed by atoms with Crippen LogP contribution in [0, 0.1) is 11.8 Å². The summed E-state index contributed by atoms with van der Waals surface area (Å²) in [6.07, 6.45) is 4.20. The highest BCUT2D eigenvalue weighted by atomic mass is 16.5. The lowest BCUT2D eigenvalue weighted by atomic mass is 10.0. The van der Waals surface area contributed by atoms with Gasteiger partial charge in [0, 0.05) is 11.6 Å². The summed E-state index contributed by atoms with van der Waals surface area (Å²) >= 11 is 0. The zero-order valence-electron chi connectivity index (χ0n) is 15.0. The van der Waals surface area contributed by atoms with Gasteiger partial charge in [-0.25, -0.2) is 0 Å². The van der Waals surface area contributed by atoms with Gasteiger partial charge in [-0.3, -0.25) is 4.79 Å². The number of hydrogen-bond acceptors (Lipinski definition) is 4. The number of benzene rings is 1. The number of carbonyl (C=O) groups is 1. The molecule has 24 heavy (non-hydrogen) atoms. The average molecular weight is 334 g/mol. The number of methoxy groups -OCH3 is 1. The Kier molecular flexibility index (Phi) is 6.91. The minimum Gasteiger partial charge on any atom is -0.493 e. The van der Waals surface area contributed by atoms with Gasteiger partial charge in [0.05, 0.1) is 13.7 Å². The van der Waals surface area contributed by atoms with Crippen LogP contribution in [0.3, 0.4) is 0 Å². The zero-order valence-corrected chi connectivity index (χ0v) is 15.0. The number of amides is 1. The van der Waals surface area contributed by atoms with Crippen molar-refractivity contribution in [1.29, 1.82) is 0 Å². The van der Waals surface area contributed by atoms with Gasteiger partial charge in [0.25, 0.3) is 5.91 Å². The van der Waals surface area contributed by atoms with Crippen LogP contribution in [-0.4, -0.2) is 32.2 Å². The van der Waals surface area contributed by atoms with Crippen molar-refractivity contribution in [1.82, 2.24) is 5.32 Å². The Morgan fingerprint density at radius 2 is 2.12 bits per heavy atom. The van der Waals surface area contributed by atoms with Crippen molar-refractivity contribution in [2.75, 3.05) is 20.3 Å². The van der Waals surface area contributed by atoms with Crippen LogP contribution in [0.5, 0.6) is 11.5 Å². The highest BCUT2D eigenvalue weighted by Gasteiger charge is 2.27. The zero-order chi connectivity index (χ0) is 17.5. The Labute approximate surface area is 144 Å². The van der Waals surface area contributed by atoms with E-state index in [0.29, 0.717) is 42.0 Å². The number of rotatable bonds is 8. The lowest BCUT2D eigenvalue weighted by Gasteiger charge is -2.20. The lowest BCUT2D eigenvalue weighted by Crippen LogP contribution is -2.39. The molecule has 1 saturated carbocycles. The van der Waals surface area contributed by atoms with Gasteiger partial charge in [-0.2, -0.15) is 0 Å². The molecule has 5 nitrogen and oxygen atoms in total. The molecule has 0 aliphatic heterocycles. The molecule has 2 rings (SSSR count). The Balaban J connectivity index is 2.01. The van der Waals surface area contributed by atoms with E-state index >= 15 is 0 Å². The Hall–Kier alpha value is -1.75. The maximum Gasteiger partial charge on any atom is 0.251 e. The normalized spacial score (nSPS) is 20.2. The third-order valence-corrected chi connectivity index (χ3v) is 4.66. The quantitative estimate of drug-likeness (QED) is 0.766. The molecule has 1 aliphatic rings. The number of hydrogen-bond donors (Lipinski definition) is 2. The molecule has 3 N–H and O–H groups in total. The summed E-state index contributed by atoms with van der Waals surface area (Å²) in [5, 5.41) is 3.11. The highest BCUT2D eigenvalue weighted by Crippen LogP contribution is 2.29. The minimum atomic E-state index is -0.0765. The van der Waals surface area contributed by atoms with Crippen LogP contribution >= 0.6 is 0 Å². The summed E-state index contributed by atoms with van der Waals surface area (Å²) in [5.74, 6) is 2.16. The number of nitrogens with one attached hydrogen (secondary N) is 1. The van der Waals surface area contributed by atoms with Crippen LogP contribution in [0.2, 0.25) is 0 Å². The second-order valence-corrected chi connectivity index (χ2v) is 6.90. The van der Waals surface area contributed by atoms with Gasteiger partial charge in [-0.05, 0) is 55.8 Å². The highest BCUT2D eigenvalue weighted by molar-refractivity contribution is 5.95. The van der Waals surface area contributed by atoms with Gasteiger partial charge in [0.2, 0.25) is 0 Å². The van der Waals surface area contributed by atoms with E-state index in [2.05, 4.69) is 19.2 Å². The predicted octanol–water partition coefficient (Wildman–Crippen LogP) is 2.98. The summed E-state index contributed by atoms with van der Waals surface area (Å²) in [4.78, 5) is 12.5. The van der Waals surface area contributed by atoms with E-state index < -0.39 is 0 Å². The van der Waals surface area contributed by atoms with Crippen LogP contribution in [-0.2, 0) is 0 Å². The molecule has 0 aromatic heterocycles. The Morgan fingerprint density at radius 1 is 1.33 bits per heavy atom. The van der Waals surface area contributed by atoms with E-state index in [0.717, 1.165) is 25.7 Å². The molecular formula is C19H30N2O3. The Bertz CT molecular complexity index is 545. The van der Waals surface area contributed by atoms with Crippen molar-refractivity contribution < 1.29 is 14.3 Å². The van der Waals surface area contributed by atoms with Crippen LogP contribution in [0.25, 0.3) is 0 Å². The summed E-state index contributed by atoms with van der Waals surface area (Å²) < 4.78 is 11.1. The summed E-state index contributed by atoms with van der Waals surface area (Å²) in [6.45, 7) is 5.58. The molecule has 5 heteroatoms. The second-order valence-electron chi connectivity index (χ2n) is 6.90. The molecule has 1 aromatic rings. The van der Waals surface area contributed by atoms with Crippen LogP contribution < -0.4 is 20.5 Å². The number of ether oxygens (including phenoxy) is 2. The molecule has 0 heterocycles. The van der Waals surface area contributed by atoms with Crippen LogP contribution in [0.15, 0.2) is 18.2 Å². The van der Waals surface area contributed by atoms with Gasteiger partial charge in [-0.1, -0.05) is 20.3 Å². The molecule has 134 valence electrons. The van der Waals surface area contributed by atoms with E-state index in [-0.39, 0.29) is 11.9 Å². The smallest absolute Gasteiger partial charge is 0.251 e. The fourth-order valence-corrected chi connectivity index (χ4v) is 3.09. The SMILES string of the molecule is COc1cc(C(=O)NC2CCCC2CN)ccc1OCCC(C)C. The third-order valence-electron chi connectivity index (χ3n) is 4.66. The molecule has 0 spiro atoms. The topological polar surface area (TPSA) is 73.6 Å². The van der Waals surface area contributed by atoms with Gasteiger partial charge < -0.3 is 20.5 Å². The molecule has 1 fully saturated rings. The van der Waals surface area contributed by atoms with Crippen molar-refractivity contribution in [3.8, 4) is 11.5 Å². The maximum absolute atomic E-state index is 12.5. The van der Waals surface area contributed by atoms with Crippen molar-refractivity contribution in [3.05, 3.63) is 23.8 Å². The summed E-state index contributed by atoms with van der Waals surface area (Å²) in [5.41, 5.74) is 6.37. The third kappa shape index (κ3) is 4.87. The molecule has 0 radical (unpaired) electrons. The van der Waals surface area contributed by atoms with Crippen molar-refractivity contribution in [2.45, 2.75) is 45.6 Å². The fraction of sp³-hybridized carbons (Fsp3) is 0.632. The number of nitrogens with two attached hydrogens (primary N) is 1. The summed E-state index contributed by atoms with van der Waals surface area (Å²) in [6, 6.07) is 5.51. The van der Waals surface area contributed by atoms with E-state index in [4.69, 9.17) is 15.2 Å². The van der Waals surface area contributed by atoms with Gasteiger partial charge in [0.1, 0.15) is 0 Å². The monoisotopic (exact) mass is 334 g/mol. The molecule has 2 unspecified atom stereocenters. The first kappa shape index (κ1) is 18.6. The van der Waals surface area contributed by atoms with E-state index in [1.807, 2.05) is 6.07 Å². The van der Waals surface area contributed by atoms with E-state index in [9.17, 15) is 4.79 Å². The molecular weight excluding hydrogens is 304 g/mol. The first-order valence-electron chi connectivity index (χ1n) is 8.87. The molecule has 0 saturated heterocycles. The van der Waals surface area contributed by atoms with E-state index in [1.165, 1.54) is 0 Å². The molecule has 1 aliphatic carbocycles. The van der Waals surface area contributed by atoms with E-state index in [1.54, 1.807) is 19.2 Å². The number of carbonyl (C=O) groups excluding carboxylic acids is 1. The van der Waals surface area contributed by atoms with Gasteiger partial charge in [0.15, 0.2) is 11.5 Å². The first-order chi connectivity index (χ1) is 11.5. The minimum absolute atomic E-state index is 0.0765. The van der Waals surface area contributed by atoms with Crippen molar-refractivity contribution in [3.63, 3.8) is 0 Å². The lowest BCUT2D eigenvalue weighted by molar-refractivity contribution is 0.0928. The second kappa shape index (κ2) is 8.92. The predicted molar refractivity (Wildman–Crippen MR) is 95.6 cm³/mol. The molecule has 1 amide bonds.